The molecule has 12 heteroatoms. The van der Waals surface area contributed by atoms with Gasteiger partial charge in [0.2, 0.25) is 10.0 Å². The first-order valence-electron chi connectivity index (χ1n) is 7.40. The van der Waals surface area contributed by atoms with E-state index in [4.69, 9.17) is 0 Å². The van der Waals surface area contributed by atoms with Crippen molar-refractivity contribution >= 4 is 49.8 Å². The third-order valence-electron chi connectivity index (χ3n) is 3.45. The van der Waals surface area contributed by atoms with Gasteiger partial charge in [-0.3, -0.25) is 9.98 Å². The predicted molar refractivity (Wildman–Crippen MR) is 106 cm³/mol. The summed E-state index contributed by atoms with van der Waals surface area (Å²) in [5.74, 6) is 0.700. The molecular formula is C13H22IN5O4S2. The average Bonchev–Trinajstić information content (AvgIpc) is 2.90. The van der Waals surface area contributed by atoms with Gasteiger partial charge >= 0.3 is 0 Å². The van der Waals surface area contributed by atoms with Crippen LogP contribution in [-0.4, -0.2) is 65.5 Å². The van der Waals surface area contributed by atoms with Gasteiger partial charge in [-0.1, -0.05) is 0 Å². The van der Waals surface area contributed by atoms with Crippen LogP contribution >= 0.6 is 24.0 Å². The summed E-state index contributed by atoms with van der Waals surface area (Å²) in [7, 11) is -4.99. The molecule has 0 amide bonds. The lowest BCUT2D eigenvalue weighted by Crippen LogP contribution is -2.46. The van der Waals surface area contributed by atoms with Gasteiger partial charge in [-0.2, -0.15) is 0 Å². The normalized spacial score (nSPS) is 19.9. The van der Waals surface area contributed by atoms with Crippen LogP contribution in [0.3, 0.4) is 0 Å². The highest BCUT2D eigenvalue weighted by Gasteiger charge is 2.28. The van der Waals surface area contributed by atoms with Crippen LogP contribution in [0.2, 0.25) is 0 Å². The minimum Gasteiger partial charge on any atom is -0.355 e. The van der Waals surface area contributed by atoms with Gasteiger partial charge in [-0.15, -0.1) is 24.0 Å². The van der Waals surface area contributed by atoms with Crippen LogP contribution in [-0.2, 0) is 19.9 Å². The largest absolute Gasteiger partial charge is 0.355 e. The first-order valence-corrected chi connectivity index (χ1v) is 10.7. The fourth-order valence-electron chi connectivity index (χ4n) is 2.25. The van der Waals surface area contributed by atoms with E-state index in [0.29, 0.717) is 18.9 Å². The summed E-state index contributed by atoms with van der Waals surface area (Å²) in [5.41, 5.74) is 0. The minimum absolute atomic E-state index is 0. The van der Waals surface area contributed by atoms with Gasteiger partial charge in [-0.25, -0.2) is 21.6 Å². The molecule has 0 saturated carbocycles. The Kier molecular flexibility index (Phi) is 8.50. The first kappa shape index (κ1) is 22.1. The second-order valence-corrected chi connectivity index (χ2v) is 9.33. The zero-order chi connectivity index (χ0) is 17.6. The predicted octanol–water partition coefficient (Wildman–Crippen LogP) is -0.670. The van der Waals surface area contributed by atoms with E-state index in [1.165, 1.54) is 18.5 Å². The fourth-order valence-corrected chi connectivity index (χ4v) is 4.92. The number of aromatic nitrogens is 1. The molecule has 1 atom stereocenters. The summed E-state index contributed by atoms with van der Waals surface area (Å²) >= 11 is 0. The maximum absolute atomic E-state index is 12.0. The molecule has 0 bridgehead atoms. The van der Waals surface area contributed by atoms with Gasteiger partial charge < -0.3 is 10.6 Å². The molecule has 2 rings (SSSR count). The Bertz CT molecular complexity index is 784. The van der Waals surface area contributed by atoms with Crippen LogP contribution in [0.4, 0.5) is 0 Å². The summed E-state index contributed by atoms with van der Waals surface area (Å²) in [6, 6.07) is 2.84. The summed E-state index contributed by atoms with van der Waals surface area (Å²) in [4.78, 5) is 7.88. The van der Waals surface area contributed by atoms with E-state index in [-0.39, 0.29) is 53.0 Å². The summed E-state index contributed by atoms with van der Waals surface area (Å²) in [6.07, 6.45) is 3.31. The SMILES string of the molecule is CN=C(NCCNS(=O)(=O)c1cccnc1)NC1CCS(=O)(=O)C1.I. The zero-order valence-electron chi connectivity index (χ0n) is 13.7. The van der Waals surface area contributed by atoms with Crippen molar-refractivity contribution in [3.8, 4) is 0 Å². The van der Waals surface area contributed by atoms with Crippen molar-refractivity contribution in [2.24, 2.45) is 4.99 Å². The Labute approximate surface area is 165 Å². The van der Waals surface area contributed by atoms with Crippen molar-refractivity contribution in [3.63, 3.8) is 0 Å². The van der Waals surface area contributed by atoms with E-state index < -0.39 is 19.9 Å². The van der Waals surface area contributed by atoms with Crippen molar-refractivity contribution in [1.29, 1.82) is 0 Å². The van der Waals surface area contributed by atoms with E-state index in [1.807, 2.05) is 0 Å². The quantitative estimate of drug-likeness (QED) is 0.203. The molecule has 1 aromatic heterocycles. The molecule has 1 unspecified atom stereocenters. The van der Waals surface area contributed by atoms with Gasteiger partial charge in [0, 0.05) is 38.6 Å². The highest BCUT2D eigenvalue weighted by molar-refractivity contribution is 14.0. The molecule has 2 heterocycles. The number of pyridine rings is 1. The van der Waals surface area contributed by atoms with E-state index in [1.54, 1.807) is 13.1 Å². The molecule has 1 aliphatic heterocycles. The molecule has 9 nitrogen and oxygen atoms in total. The molecule has 1 aliphatic rings. The van der Waals surface area contributed by atoms with Crippen LogP contribution in [0, 0.1) is 0 Å². The summed E-state index contributed by atoms with van der Waals surface area (Å²) in [6.45, 7) is 0.458. The minimum atomic E-state index is -3.59. The Balaban J connectivity index is 0.00000312. The number of nitrogens with one attached hydrogen (secondary N) is 3. The number of guanidine groups is 1. The first-order chi connectivity index (χ1) is 11.3. The Morgan fingerprint density at radius 1 is 1.40 bits per heavy atom. The van der Waals surface area contributed by atoms with Gasteiger partial charge in [0.25, 0.3) is 0 Å². The van der Waals surface area contributed by atoms with Crippen LogP contribution in [0.15, 0.2) is 34.4 Å². The number of hydrogen-bond acceptors (Lipinski definition) is 6. The second-order valence-electron chi connectivity index (χ2n) is 5.33. The monoisotopic (exact) mass is 503 g/mol. The molecule has 3 N–H and O–H groups in total. The van der Waals surface area contributed by atoms with Crippen molar-refractivity contribution in [2.75, 3.05) is 31.6 Å². The van der Waals surface area contributed by atoms with Crippen LogP contribution < -0.4 is 15.4 Å². The lowest BCUT2D eigenvalue weighted by Gasteiger charge is -2.16. The maximum atomic E-state index is 12.0. The van der Waals surface area contributed by atoms with Crippen molar-refractivity contribution < 1.29 is 16.8 Å². The van der Waals surface area contributed by atoms with E-state index >= 15 is 0 Å². The standard InChI is InChI=1S/C13H21N5O4S2.HI/c1-14-13(18-11-4-8-23(19,20)10-11)16-6-7-17-24(21,22)12-3-2-5-15-9-12;/h2-3,5,9,11,17H,4,6-8,10H2,1H3,(H2,14,16,18);1H. The van der Waals surface area contributed by atoms with Gasteiger partial charge in [-0.05, 0) is 18.6 Å². The number of sulfone groups is 1. The third-order valence-corrected chi connectivity index (χ3v) is 6.67. The molecule has 0 aromatic carbocycles. The van der Waals surface area contributed by atoms with E-state index in [9.17, 15) is 16.8 Å². The molecule has 0 aliphatic carbocycles. The number of nitrogens with zero attached hydrogens (tertiary/aromatic N) is 2. The number of aliphatic imine (C=N–C) groups is 1. The fraction of sp³-hybridized carbons (Fsp3) is 0.538. The Morgan fingerprint density at radius 3 is 2.72 bits per heavy atom. The molecule has 25 heavy (non-hydrogen) atoms. The molecule has 142 valence electrons. The topological polar surface area (TPSA) is 130 Å². The van der Waals surface area contributed by atoms with Gasteiger partial charge in [0.05, 0.1) is 11.5 Å². The van der Waals surface area contributed by atoms with E-state index in [0.717, 1.165) is 0 Å². The summed E-state index contributed by atoms with van der Waals surface area (Å²) < 4.78 is 49.3. The van der Waals surface area contributed by atoms with Crippen molar-refractivity contribution in [1.82, 2.24) is 20.3 Å². The van der Waals surface area contributed by atoms with Crippen LogP contribution in [0.1, 0.15) is 6.42 Å². The smallest absolute Gasteiger partial charge is 0.242 e. The molecule has 0 radical (unpaired) electrons. The number of halogens is 1. The molecule has 0 spiro atoms. The molecular weight excluding hydrogens is 481 g/mol. The number of hydrogen-bond donors (Lipinski definition) is 3. The molecule has 1 aromatic rings. The third kappa shape index (κ3) is 7.03. The lowest BCUT2D eigenvalue weighted by atomic mass is 10.3. The second kappa shape index (κ2) is 9.64. The highest BCUT2D eigenvalue weighted by atomic mass is 127. The van der Waals surface area contributed by atoms with Crippen molar-refractivity contribution in [3.05, 3.63) is 24.5 Å². The molecule has 1 saturated heterocycles. The highest BCUT2D eigenvalue weighted by Crippen LogP contribution is 2.10. The zero-order valence-corrected chi connectivity index (χ0v) is 17.6. The van der Waals surface area contributed by atoms with Crippen molar-refractivity contribution in [2.45, 2.75) is 17.4 Å². The van der Waals surface area contributed by atoms with E-state index in [2.05, 4.69) is 25.3 Å². The maximum Gasteiger partial charge on any atom is 0.242 e. The van der Waals surface area contributed by atoms with Crippen LogP contribution in [0.5, 0.6) is 0 Å². The molecule has 1 fully saturated rings. The number of rotatable bonds is 6. The van der Waals surface area contributed by atoms with Gasteiger partial charge in [0.1, 0.15) is 4.90 Å². The van der Waals surface area contributed by atoms with Gasteiger partial charge in [0.15, 0.2) is 15.8 Å². The number of sulfonamides is 1. The Morgan fingerprint density at radius 2 is 2.16 bits per heavy atom. The lowest BCUT2D eigenvalue weighted by molar-refractivity contribution is 0.579. The Hall–Kier alpha value is -0.990. The average molecular weight is 503 g/mol. The van der Waals surface area contributed by atoms with Crippen LogP contribution in [0.25, 0.3) is 0 Å². The summed E-state index contributed by atoms with van der Waals surface area (Å²) in [5, 5.41) is 5.97.